The molecule has 0 unspecified atom stereocenters. The molecule has 0 saturated carbocycles. The number of allylic oxidation sites excluding steroid dienone is 2. The van der Waals surface area contributed by atoms with Crippen molar-refractivity contribution < 1.29 is 15.0 Å². The number of carbonyl (C=O) groups excluding carboxylic acids is 1. The van der Waals surface area contributed by atoms with Gasteiger partial charge in [-0.15, -0.1) is 0 Å². The van der Waals surface area contributed by atoms with Gasteiger partial charge >= 0.3 is 0 Å². The van der Waals surface area contributed by atoms with Crippen LogP contribution in [0.5, 0.6) is 0 Å². The molecule has 3 nitrogen and oxygen atoms in total. The minimum absolute atomic E-state index is 0.313. The summed E-state index contributed by atoms with van der Waals surface area (Å²) in [5, 5.41) is 22.8. The molecule has 2 rings (SSSR count). The number of carbonyl (C=O) groups is 1. The molecule has 2 aromatic carbocycles. The Morgan fingerprint density at radius 3 is 0.880 bits per heavy atom. The van der Waals surface area contributed by atoms with Gasteiger partial charge in [0.25, 0.3) is 5.78 Å². The van der Waals surface area contributed by atoms with Gasteiger partial charge in [-0.3, -0.25) is 4.79 Å². The van der Waals surface area contributed by atoms with E-state index in [0.717, 1.165) is 36.8 Å². The number of ketones is 1. The molecule has 2 aromatic rings. The molecule has 0 amide bonds. The number of rotatable bonds is 32. The van der Waals surface area contributed by atoms with Crippen LogP contribution >= 0.6 is 0 Å². The number of unbranched alkanes of at least 4 members (excludes halogenated alkanes) is 24. The third-order valence-electron chi connectivity index (χ3n) is 10.3. The highest BCUT2D eigenvalue weighted by Gasteiger charge is 2.23. The van der Waals surface area contributed by atoms with Gasteiger partial charge in [-0.05, 0) is 36.8 Å². The Hall–Kier alpha value is -2.81. The molecule has 0 aromatic heterocycles. The summed E-state index contributed by atoms with van der Waals surface area (Å²) in [4.78, 5) is 13.7. The quantitative estimate of drug-likeness (QED) is 0.0457. The van der Waals surface area contributed by atoms with E-state index in [1.807, 2.05) is 60.7 Å². The Morgan fingerprint density at radius 1 is 0.380 bits per heavy atom. The van der Waals surface area contributed by atoms with Crippen molar-refractivity contribution in [2.24, 2.45) is 0 Å². The second-order valence-electron chi connectivity index (χ2n) is 14.7. The fourth-order valence-electron chi connectivity index (χ4n) is 7.10. The summed E-state index contributed by atoms with van der Waals surface area (Å²) in [6.07, 6.45) is 34.4. The zero-order valence-corrected chi connectivity index (χ0v) is 32.4. The van der Waals surface area contributed by atoms with Crippen molar-refractivity contribution in [1.82, 2.24) is 0 Å². The molecule has 2 N–H and O–H groups in total. The first-order valence-electron chi connectivity index (χ1n) is 21.1. The molecule has 0 bridgehead atoms. The second-order valence-corrected chi connectivity index (χ2v) is 14.7. The predicted molar refractivity (Wildman–Crippen MR) is 218 cm³/mol. The van der Waals surface area contributed by atoms with Crippen LogP contribution in [0.2, 0.25) is 0 Å². The average Bonchev–Trinajstić information content (AvgIpc) is 3.15. The van der Waals surface area contributed by atoms with E-state index in [1.54, 1.807) is 0 Å². The minimum Gasteiger partial charge on any atom is -0.504 e. The molecule has 0 saturated heterocycles. The first kappa shape index (κ1) is 43.4. The van der Waals surface area contributed by atoms with E-state index in [2.05, 4.69) is 13.8 Å². The van der Waals surface area contributed by atoms with Gasteiger partial charge in [-0.2, -0.15) is 0 Å². The fraction of sp³-hybridized carbons (Fsp3) is 0.638. The Bertz CT molecular complexity index is 1070. The van der Waals surface area contributed by atoms with E-state index < -0.39 is 5.78 Å². The molecule has 0 radical (unpaired) electrons. The lowest BCUT2D eigenvalue weighted by Gasteiger charge is -2.14. The molecule has 0 aliphatic rings. The van der Waals surface area contributed by atoms with Gasteiger partial charge in [0.15, 0.2) is 11.5 Å². The lowest BCUT2D eigenvalue weighted by molar-refractivity contribution is -0.116. The van der Waals surface area contributed by atoms with Crippen LogP contribution in [-0.4, -0.2) is 16.0 Å². The van der Waals surface area contributed by atoms with Crippen molar-refractivity contribution in [3.8, 4) is 0 Å². The SMILES string of the molecule is CCCCCCCCCCCCCCC/C(=C(\O)C(=O)/C(O)=C(/CCCCCCCCCCCCCCC)c1ccccc1)c1ccccc1. The highest BCUT2D eigenvalue weighted by molar-refractivity contribution is 6.13. The Kier molecular flexibility index (Phi) is 25.9. The van der Waals surface area contributed by atoms with Crippen molar-refractivity contribution in [2.75, 3.05) is 0 Å². The first-order chi connectivity index (χ1) is 24.6. The molecule has 0 fully saturated rings. The fourth-order valence-corrected chi connectivity index (χ4v) is 7.10. The molecular formula is C47H74O3. The van der Waals surface area contributed by atoms with Crippen LogP contribution in [0, 0.1) is 0 Å². The summed E-state index contributed by atoms with van der Waals surface area (Å²) in [6, 6.07) is 19.5. The monoisotopic (exact) mass is 687 g/mol. The third-order valence-corrected chi connectivity index (χ3v) is 10.3. The smallest absolute Gasteiger partial charge is 0.262 e. The molecule has 0 aliphatic carbocycles. The van der Waals surface area contributed by atoms with Crippen molar-refractivity contribution in [3.05, 3.63) is 83.3 Å². The lowest BCUT2D eigenvalue weighted by atomic mass is 9.93. The summed E-state index contributed by atoms with van der Waals surface area (Å²) >= 11 is 0. The van der Waals surface area contributed by atoms with Crippen LogP contribution < -0.4 is 0 Å². The van der Waals surface area contributed by atoms with Crippen molar-refractivity contribution in [3.63, 3.8) is 0 Å². The maximum absolute atomic E-state index is 13.7. The van der Waals surface area contributed by atoms with Crippen molar-refractivity contribution in [2.45, 2.75) is 194 Å². The summed E-state index contributed by atoms with van der Waals surface area (Å²) < 4.78 is 0. The van der Waals surface area contributed by atoms with Crippen LogP contribution in [0.4, 0.5) is 0 Å². The van der Waals surface area contributed by atoms with Crippen molar-refractivity contribution in [1.29, 1.82) is 0 Å². The van der Waals surface area contributed by atoms with Gasteiger partial charge in [-0.1, -0.05) is 229 Å². The predicted octanol–water partition coefficient (Wildman–Crippen LogP) is 15.5. The third kappa shape index (κ3) is 19.5. The molecule has 0 atom stereocenters. The van der Waals surface area contributed by atoms with E-state index >= 15 is 0 Å². The Labute approximate surface area is 308 Å². The molecule has 3 heteroatoms. The largest absolute Gasteiger partial charge is 0.504 e. The van der Waals surface area contributed by atoms with Gasteiger partial charge in [0.1, 0.15) is 0 Å². The van der Waals surface area contributed by atoms with E-state index in [1.165, 1.54) is 141 Å². The molecule has 0 spiro atoms. The van der Waals surface area contributed by atoms with Gasteiger partial charge in [0.2, 0.25) is 0 Å². The number of hydrogen-bond acceptors (Lipinski definition) is 3. The molecule has 0 aliphatic heterocycles. The molecule has 280 valence electrons. The number of hydrogen-bond donors (Lipinski definition) is 2. The van der Waals surface area contributed by atoms with Crippen LogP contribution in [0.25, 0.3) is 11.1 Å². The number of aliphatic hydroxyl groups is 2. The van der Waals surface area contributed by atoms with Gasteiger partial charge < -0.3 is 10.2 Å². The van der Waals surface area contributed by atoms with Crippen LogP contribution in [-0.2, 0) is 4.79 Å². The van der Waals surface area contributed by atoms with E-state index in [0.29, 0.717) is 24.0 Å². The standard InChI is InChI=1S/C47H74O3/c1-3-5-7-9-11-13-15-17-19-21-23-25-33-39-43(41-35-29-27-30-36-41)45(48)47(50)46(49)44(42-37-31-28-32-38-42)40-34-26-24-22-20-18-16-14-12-10-8-6-4-2/h27-32,35-38,48-49H,3-26,33-34,39-40H2,1-2H3/b45-43+,46-44+. The summed E-state index contributed by atoms with van der Waals surface area (Å²) in [7, 11) is 0. The Balaban J connectivity index is 1.90. The minimum atomic E-state index is -0.660. The van der Waals surface area contributed by atoms with Crippen molar-refractivity contribution >= 4 is 16.9 Å². The van der Waals surface area contributed by atoms with E-state index in [4.69, 9.17) is 0 Å². The summed E-state index contributed by atoms with van der Waals surface area (Å²) in [6.45, 7) is 4.54. The van der Waals surface area contributed by atoms with Crippen LogP contribution in [0.15, 0.2) is 72.2 Å². The van der Waals surface area contributed by atoms with Gasteiger partial charge in [0, 0.05) is 11.1 Å². The maximum Gasteiger partial charge on any atom is 0.262 e. The highest BCUT2D eigenvalue weighted by Crippen LogP contribution is 2.30. The highest BCUT2D eigenvalue weighted by atomic mass is 16.3. The van der Waals surface area contributed by atoms with E-state index in [-0.39, 0.29) is 11.5 Å². The molecule has 50 heavy (non-hydrogen) atoms. The maximum atomic E-state index is 13.7. The number of benzene rings is 2. The second kappa shape index (κ2) is 29.9. The normalized spacial score (nSPS) is 12.5. The topological polar surface area (TPSA) is 57.5 Å². The average molecular weight is 687 g/mol. The summed E-state index contributed by atoms with van der Waals surface area (Å²) in [5.74, 6) is -1.29. The number of Topliss-reactive ketones (excluding diaryl/α,β-unsaturated/α-hetero) is 1. The Morgan fingerprint density at radius 2 is 0.620 bits per heavy atom. The lowest BCUT2D eigenvalue weighted by Crippen LogP contribution is -2.11. The van der Waals surface area contributed by atoms with Crippen LogP contribution in [0.1, 0.15) is 205 Å². The van der Waals surface area contributed by atoms with Gasteiger partial charge in [0.05, 0.1) is 0 Å². The van der Waals surface area contributed by atoms with Crippen LogP contribution in [0.3, 0.4) is 0 Å². The summed E-state index contributed by atoms with van der Waals surface area (Å²) in [5.41, 5.74) is 2.97. The number of aliphatic hydroxyl groups excluding tert-OH is 2. The zero-order valence-electron chi connectivity index (χ0n) is 32.4. The van der Waals surface area contributed by atoms with Gasteiger partial charge in [-0.25, -0.2) is 0 Å². The first-order valence-corrected chi connectivity index (χ1v) is 21.1. The zero-order chi connectivity index (χ0) is 35.9. The molecule has 0 heterocycles. The van der Waals surface area contributed by atoms with E-state index in [9.17, 15) is 15.0 Å². The molecular weight excluding hydrogens is 613 g/mol.